The molecule has 3 aromatic rings. The van der Waals surface area contributed by atoms with Crippen LogP contribution >= 0.6 is 0 Å². The second kappa shape index (κ2) is 5.16. The zero-order valence-corrected chi connectivity index (χ0v) is 10.9. The lowest BCUT2D eigenvalue weighted by atomic mass is 10.0. The fourth-order valence-corrected chi connectivity index (χ4v) is 2.13. The number of primary amides is 1. The molecule has 0 aliphatic heterocycles. The highest BCUT2D eigenvalue weighted by atomic mass is 19.1. The van der Waals surface area contributed by atoms with Crippen LogP contribution in [0, 0.1) is 5.82 Å². The number of hydrogen-bond donors (Lipinski definition) is 2. The normalized spacial score (nSPS) is 10.5. The predicted molar refractivity (Wildman–Crippen MR) is 75.7 cm³/mol. The minimum atomic E-state index is -0.671. The minimum absolute atomic E-state index is 0.0562. The molecule has 2 aromatic carbocycles. The number of nitrogens with zero attached hydrogens (tertiary/aromatic N) is 2. The van der Waals surface area contributed by atoms with E-state index in [2.05, 4.69) is 15.4 Å². The molecule has 0 atom stereocenters. The molecule has 0 radical (unpaired) electrons. The Bertz CT molecular complexity index is 813. The zero-order chi connectivity index (χ0) is 14.8. The van der Waals surface area contributed by atoms with Crippen molar-refractivity contribution in [2.45, 2.75) is 0 Å². The number of nitrogens with one attached hydrogen (secondary N) is 1. The summed E-state index contributed by atoms with van der Waals surface area (Å²) in [7, 11) is 0. The van der Waals surface area contributed by atoms with E-state index >= 15 is 0 Å². The molecule has 0 saturated heterocycles. The molecule has 6 heteroatoms. The number of halogens is 1. The lowest BCUT2D eigenvalue weighted by molar-refractivity contribution is 0.0996. The molecule has 0 aliphatic carbocycles. The smallest absolute Gasteiger partial charge is 0.271 e. The molecule has 1 heterocycles. The van der Waals surface area contributed by atoms with Crippen LogP contribution in [-0.2, 0) is 0 Å². The molecule has 3 N–H and O–H groups in total. The van der Waals surface area contributed by atoms with Crippen LogP contribution in [-0.4, -0.2) is 21.3 Å². The molecule has 21 heavy (non-hydrogen) atoms. The average molecular weight is 282 g/mol. The highest BCUT2D eigenvalue weighted by molar-refractivity contribution is 5.96. The summed E-state index contributed by atoms with van der Waals surface area (Å²) in [4.78, 5) is 11.3. The Kier molecular flexibility index (Phi) is 3.19. The van der Waals surface area contributed by atoms with E-state index in [0.717, 1.165) is 0 Å². The SMILES string of the molecule is NC(=O)c1n[nH]nc1-c1cccc(-c2ccccc2F)c1. The van der Waals surface area contributed by atoms with Gasteiger partial charge in [-0.15, -0.1) is 0 Å². The highest BCUT2D eigenvalue weighted by Gasteiger charge is 2.15. The van der Waals surface area contributed by atoms with Crippen molar-refractivity contribution in [2.75, 3.05) is 0 Å². The van der Waals surface area contributed by atoms with E-state index < -0.39 is 5.91 Å². The fraction of sp³-hybridized carbons (Fsp3) is 0. The first kappa shape index (κ1) is 13.0. The number of H-pyrrole nitrogens is 1. The van der Waals surface area contributed by atoms with Crippen LogP contribution < -0.4 is 5.73 Å². The van der Waals surface area contributed by atoms with E-state index in [-0.39, 0.29) is 11.5 Å². The lowest BCUT2D eigenvalue weighted by Crippen LogP contribution is -2.12. The summed E-state index contributed by atoms with van der Waals surface area (Å²) in [5.74, 6) is -0.986. The zero-order valence-electron chi connectivity index (χ0n) is 10.9. The van der Waals surface area contributed by atoms with Gasteiger partial charge in [-0.05, 0) is 17.7 Å². The van der Waals surface area contributed by atoms with Crippen molar-refractivity contribution in [1.82, 2.24) is 15.4 Å². The van der Waals surface area contributed by atoms with Gasteiger partial charge in [0, 0.05) is 11.1 Å². The van der Waals surface area contributed by atoms with Gasteiger partial charge in [-0.3, -0.25) is 4.79 Å². The molecule has 1 amide bonds. The number of aromatic amines is 1. The molecule has 0 fully saturated rings. The van der Waals surface area contributed by atoms with Gasteiger partial charge in [0.15, 0.2) is 5.69 Å². The summed E-state index contributed by atoms with van der Waals surface area (Å²) in [5.41, 5.74) is 7.45. The Hall–Kier alpha value is -3.02. The molecule has 0 spiro atoms. The van der Waals surface area contributed by atoms with E-state index in [1.807, 2.05) is 0 Å². The third kappa shape index (κ3) is 2.38. The number of carbonyl (C=O) groups excluding carboxylic acids is 1. The molecule has 0 bridgehead atoms. The van der Waals surface area contributed by atoms with Crippen LogP contribution in [0.3, 0.4) is 0 Å². The van der Waals surface area contributed by atoms with Gasteiger partial charge in [0.2, 0.25) is 0 Å². The molecule has 3 rings (SSSR count). The first-order valence-electron chi connectivity index (χ1n) is 6.22. The van der Waals surface area contributed by atoms with Crippen molar-refractivity contribution in [3.05, 3.63) is 60.0 Å². The number of carbonyl (C=O) groups is 1. The van der Waals surface area contributed by atoms with Gasteiger partial charge in [0.25, 0.3) is 5.91 Å². The van der Waals surface area contributed by atoms with E-state index in [9.17, 15) is 9.18 Å². The Morgan fingerprint density at radius 2 is 1.81 bits per heavy atom. The van der Waals surface area contributed by atoms with Gasteiger partial charge in [-0.2, -0.15) is 15.4 Å². The summed E-state index contributed by atoms with van der Waals surface area (Å²) in [6.45, 7) is 0. The first-order chi connectivity index (χ1) is 10.2. The Morgan fingerprint density at radius 3 is 2.57 bits per heavy atom. The van der Waals surface area contributed by atoms with Gasteiger partial charge < -0.3 is 5.73 Å². The third-order valence-electron chi connectivity index (χ3n) is 3.10. The van der Waals surface area contributed by atoms with Crippen molar-refractivity contribution in [3.63, 3.8) is 0 Å². The van der Waals surface area contributed by atoms with Gasteiger partial charge in [-0.1, -0.05) is 36.4 Å². The molecule has 0 unspecified atom stereocenters. The van der Waals surface area contributed by atoms with Crippen molar-refractivity contribution < 1.29 is 9.18 Å². The van der Waals surface area contributed by atoms with Crippen LogP contribution in [0.4, 0.5) is 4.39 Å². The number of aromatic nitrogens is 3. The van der Waals surface area contributed by atoms with E-state index in [4.69, 9.17) is 5.73 Å². The second-order valence-corrected chi connectivity index (χ2v) is 4.45. The number of rotatable bonds is 3. The van der Waals surface area contributed by atoms with Crippen molar-refractivity contribution in [3.8, 4) is 22.4 Å². The number of benzene rings is 2. The molecular formula is C15H11FN4O. The molecule has 104 valence electrons. The van der Waals surface area contributed by atoms with E-state index in [0.29, 0.717) is 22.4 Å². The molecule has 0 saturated carbocycles. The van der Waals surface area contributed by atoms with Gasteiger partial charge in [0.05, 0.1) is 0 Å². The highest BCUT2D eigenvalue weighted by Crippen LogP contribution is 2.27. The van der Waals surface area contributed by atoms with Crippen LogP contribution in [0.2, 0.25) is 0 Å². The fourth-order valence-electron chi connectivity index (χ4n) is 2.13. The standard InChI is InChI=1S/C15H11FN4O/c16-12-7-2-1-6-11(12)9-4-3-5-10(8-9)13-14(15(17)21)19-20-18-13/h1-8H,(H2,17,21)(H,18,19,20). The summed E-state index contributed by atoms with van der Waals surface area (Å²) < 4.78 is 13.8. The maximum absolute atomic E-state index is 13.8. The summed E-state index contributed by atoms with van der Waals surface area (Å²) in [5, 5.41) is 10.0. The lowest BCUT2D eigenvalue weighted by Gasteiger charge is -2.05. The quantitative estimate of drug-likeness (QED) is 0.773. The topological polar surface area (TPSA) is 84.7 Å². The molecule has 0 aliphatic rings. The number of nitrogens with two attached hydrogens (primary N) is 1. The predicted octanol–water partition coefficient (Wildman–Crippen LogP) is 2.38. The van der Waals surface area contributed by atoms with E-state index in [1.165, 1.54) is 6.07 Å². The maximum Gasteiger partial charge on any atom is 0.271 e. The average Bonchev–Trinajstić information content (AvgIpc) is 2.97. The van der Waals surface area contributed by atoms with Gasteiger partial charge in [0.1, 0.15) is 11.5 Å². The van der Waals surface area contributed by atoms with Crippen molar-refractivity contribution in [2.24, 2.45) is 5.73 Å². The maximum atomic E-state index is 13.8. The molecular weight excluding hydrogens is 271 g/mol. The first-order valence-corrected chi connectivity index (χ1v) is 6.22. The van der Waals surface area contributed by atoms with Crippen LogP contribution in [0.15, 0.2) is 48.5 Å². The minimum Gasteiger partial charge on any atom is -0.364 e. The summed E-state index contributed by atoms with van der Waals surface area (Å²) in [6.07, 6.45) is 0. The Morgan fingerprint density at radius 1 is 1.05 bits per heavy atom. The molecule has 5 nitrogen and oxygen atoms in total. The second-order valence-electron chi connectivity index (χ2n) is 4.45. The van der Waals surface area contributed by atoms with Crippen molar-refractivity contribution >= 4 is 5.91 Å². The molecule has 1 aromatic heterocycles. The van der Waals surface area contributed by atoms with Crippen LogP contribution in [0.25, 0.3) is 22.4 Å². The van der Waals surface area contributed by atoms with Gasteiger partial charge in [-0.25, -0.2) is 4.39 Å². The van der Waals surface area contributed by atoms with Crippen molar-refractivity contribution in [1.29, 1.82) is 0 Å². The van der Waals surface area contributed by atoms with Crippen LogP contribution in [0.5, 0.6) is 0 Å². The summed E-state index contributed by atoms with van der Waals surface area (Å²) >= 11 is 0. The Labute approximate surface area is 119 Å². The largest absolute Gasteiger partial charge is 0.364 e. The van der Waals surface area contributed by atoms with Gasteiger partial charge >= 0.3 is 0 Å². The third-order valence-corrected chi connectivity index (χ3v) is 3.10. The monoisotopic (exact) mass is 282 g/mol. The number of amides is 1. The Balaban J connectivity index is 2.11. The summed E-state index contributed by atoms with van der Waals surface area (Å²) in [6, 6.07) is 13.5. The van der Waals surface area contributed by atoms with Crippen LogP contribution in [0.1, 0.15) is 10.5 Å². The van der Waals surface area contributed by atoms with E-state index in [1.54, 1.807) is 42.5 Å². The number of hydrogen-bond acceptors (Lipinski definition) is 3.